The van der Waals surface area contributed by atoms with Crippen LogP contribution in [-0.2, 0) is 11.3 Å². The van der Waals surface area contributed by atoms with Gasteiger partial charge < -0.3 is 21.1 Å². The lowest BCUT2D eigenvalue weighted by atomic mass is 10.2. The molecule has 3 unspecified atom stereocenters. The summed E-state index contributed by atoms with van der Waals surface area (Å²) in [5.74, 6) is 0.389. The van der Waals surface area contributed by atoms with E-state index in [0.29, 0.717) is 25.5 Å². The Morgan fingerprint density at radius 2 is 1.61 bits per heavy atom. The first-order valence-electron chi connectivity index (χ1n) is 12.9. The summed E-state index contributed by atoms with van der Waals surface area (Å²) in [5.41, 5.74) is 13.8. The summed E-state index contributed by atoms with van der Waals surface area (Å²) in [5, 5.41) is 4.00. The second-order valence-electron chi connectivity index (χ2n) is 9.59. The van der Waals surface area contributed by atoms with Crippen molar-refractivity contribution in [3.05, 3.63) is 54.1 Å². The molecule has 0 aliphatic carbocycles. The highest BCUT2D eigenvalue weighted by Gasteiger charge is 2.45. The Hall–Kier alpha value is -2.25. The summed E-state index contributed by atoms with van der Waals surface area (Å²) in [6.07, 6.45) is 0.874. The maximum Gasteiger partial charge on any atom is 0.200 e. The summed E-state index contributed by atoms with van der Waals surface area (Å²) in [6, 6.07) is 10.1. The molecule has 3 aliphatic rings. The van der Waals surface area contributed by atoms with Crippen molar-refractivity contribution < 1.29 is 9.13 Å². The van der Waals surface area contributed by atoms with Gasteiger partial charge in [-0.3, -0.25) is 9.80 Å². The topological polar surface area (TPSA) is 103 Å². The molecule has 0 spiro atoms. The predicted molar refractivity (Wildman–Crippen MR) is 136 cm³/mol. The Morgan fingerprint density at radius 3 is 2.25 bits per heavy atom. The third kappa shape index (κ3) is 5.67. The van der Waals surface area contributed by atoms with E-state index < -0.39 is 12.4 Å². The van der Waals surface area contributed by atoms with Gasteiger partial charge >= 0.3 is 0 Å². The van der Waals surface area contributed by atoms with Gasteiger partial charge in [-0.15, -0.1) is 0 Å². The molecule has 4 heterocycles. The Balaban J connectivity index is 1.28. The Labute approximate surface area is 212 Å². The summed E-state index contributed by atoms with van der Waals surface area (Å²) in [4.78, 5) is 15.7. The summed E-state index contributed by atoms with van der Waals surface area (Å²) in [6.45, 7) is 9.29. The zero-order valence-electron chi connectivity index (χ0n) is 20.8. The Kier molecular flexibility index (Phi) is 8.37. The molecule has 3 aliphatic heterocycles. The van der Waals surface area contributed by atoms with Crippen LogP contribution in [0.1, 0.15) is 17.5 Å². The molecule has 0 saturated carbocycles. The molecule has 5 rings (SSSR count). The largest absolute Gasteiger partial charge is 0.369 e. The zero-order chi connectivity index (χ0) is 24.9. The van der Waals surface area contributed by atoms with Gasteiger partial charge in [0, 0.05) is 90.1 Å². The fraction of sp³-hybridized carbons (Fsp3) is 0.600. The molecule has 0 amide bonds. The van der Waals surface area contributed by atoms with Gasteiger partial charge in [-0.05, 0) is 23.8 Å². The molecule has 4 N–H and O–H groups in total. The fourth-order valence-corrected chi connectivity index (χ4v) is 5.32. The molecule has 1 aromatic heterocycles. The molecule has 0 radical (unpaired) electrons. The highest BCUT2D eigenvalue weighted by Crippen LogP contribution is 2.33. The van der Waals surface area contributed by atoms with Gasteiger partial charge in [0.2, 0.25) is 0 Å². The van der Waals surface area contributed by atoms with Gasteiger partial charge in [0.25, 0.3) is 0 Å². The van der Waals surface area contributed by atoms with Gasteiger partial charge in [0.15, 0.2) is 18.2 Å². The lowest BCUT2D eigenvalue weighted by Gasteiger charge is -2.50. The van der Waals surface area contributed by atoms with E-state index in [1.807, 2.05) is 5.01 Å². The number of nitrogens with two attached hydrogens (primary N) is 2. The van der Waals surface area contributed by atoms with Crippen molar-refractivity contribution in [2.24, 2.45) is 11.5 Å². The minimum Gasteiger partial charge on any atom is -0.369 e. The maximum atomic E-state index is 16.0. The number of anilines is 1. The molecule has 196 valence electrons. The number of hydrogen-bond acceptors (Lipinski definition) is 10. The number of ether oxygens (including phenoxy) is 1. The van der Waals surface area contributed by atoms with E-state index in [9.17, 15) is 0 Å². The first-order chi connectivity index (χ1) is 17.7. The van der Waals surface area contributed by atoms with Crippen LogP contribution in [0.3, 0.4) is 0 Å². The van der Waals surface area contributed by atoms with Crippen LogP contribution >= 0.6 is 0 Å². The van der Waals surface area contributed by atoms with Crippen LogP contribution in [0.2, 0.25) is 0 Å². The Morgan fingerprint density at radius 1 is 0.917 bits per heavy atom. The number of hydrazine groups is 1. The van der Waals surface area contributed by atoms with Crippen LogP contribution in [0.15, 0.2) is 42.7 Å². The van der Waals surface area contributed by atoms with Crippen LogP contribution in [-0.4, -0.2) is 114 Å². The minimum atomic E-state index is -1.35. The predicted octanol–water partition coefficient (Wildman–Crippen LogP) is 0.244. The van der Waals surface area contributed by atoms with Crippen molar-refractivity contribution in [2.45, 2.75) is 25.2 Å². The normalized spacial score (nSPS) is 27.4. The van der Waals surface area contributed by atoms with Gasteiger partial charge in [0.1, 0.15) is 6.23 Å². The number of benzene rings is 1. The molecule has 2 aromatic rings. The van der Waals surface area contributed by atoms with Gasteiger partial charge in [-0.2, -0.15) is 0 Å². The number of halogens is 1. The summed E-state index contributed by atoms with van der Waals surface area (Å²) < 4.78 is 22.3. The Bertz CT molecular complexity index is 936. The number of rotatable bonds is 7. The highest BCUT2D eigenvalue weighted by atomic mass is 19.1. The van der Waals surface area contributed by atoms with Crippen molar-refractivity contribution in [3.8, 4) is 0 Å². The second-order valence-corrected chi connectivity index (χ2v) is 9.59. The van der Waals surface area contributed by atoms with Crippen LogP contribution < -0.4 is 16.4 Å². The summed E-state index contributed by atoms with van der Waals surface area (Å²) in [7, 11) is 0. The van der Waals surface area contributed by atoms with Crippen molar-refractivity contribution in [3.63, 3.8) is 0 Å². The van der Waals surface area contributed by atoms with Crippen LogP contribution in [0.4, 0.5) is 10.1 Å². The van der Waals surface area contributed by atoms with Crippen LogP contribution in [0.5, 0.6) is 0 Å². The van der Waals surface area contributed by atoms with E-state index in [1.165, 1.54) is 5.69 Å². The number of morpholine rings is 1. The monoisotopic (exact) mass is 499 g/mol. The molecule has 3 atom stereocenters. The minimum absolute atomic E-state index is 0.229. The SMILES string of the molecule is NCCN1CCN(C2CN(N3CCN(c4ccc(CN)cc4)CC3)C(F)C(c3ncccn3)O2)CC1. The van der Waals surface area contributed by atoms with E-state index in [4.69, 9.17) is 16.2 Å². The van der Waals surface area contributed by atoms with Crippen molar-refractivity contribution in [1.29, 1.82) is 0 Å². The number of piperazine rings is 2. The number of aromatic nitrogens is 2. The van der Waals surface area contributed by atoms with Crippen molar-refractivity contribution >= 4 is 5.69 Å². The average Bonchev–Trinajstić information content (AvgIpc) is 2.94. The lowest BCUT2D eigenvalue weighted by molar-refractivity contribution is -0.264. The molecular weight excluding hydrogens is 461 g/mol. The summed E-state index contributed by atoms with van der Waals surface area (Å²) >= 11 is 0. The van der Waals surface area contributed by atoms with Crippen LogP contribution in [0, 0.1) is 0 Å². The van der Waals surface area contributed by atoms with Gasteiger partial charge in [0.05, 0.1) is 6.54 Å². The number of alkyl halides is 1. The van der Waals surface area contributed by atoms with E-state index in [1.54, 1.807) is 18.5 Å². The molecule has 10 nitrogen and oxygen atoms in total. The first kappa shape index (κ1) is 25.4. The second kappa shape index (κ2) is 11.9. The van der Waals surface area contributed by atoms with Crippen molar-refractivity contribution in [1.82, 2.24) is 29.8 Å². The van der Waals surface area contributed by atoms with E-state index in [0.717, 1.165) is 64.5 Å². The van der Waals surface area contributed by atoms with E-state index >= 15 is 4.39 Å². The zero-order valence-corrected chi connectivity index (χ0v) is 20.8. The third-order valence-electron chi connectivity index (χ3n) is 7.44. The molecule has 11 heteroatoms. The smallest absolute Gasteiger partial charge is 0.200 e. The third-order valence-corrected chi connectivity index (χ3v) is 7.44. The fourth-order valence-electron chi connectivity index (χ4n) is 5.32. The molecule has 1 aromatic carbocycles. The van der Waals surface area contributed by atoms with Crippen molar-refractivity contribution in [2.75, 3.05) is 76.9 Å². The molecule has 0 bridgehead atoms. The molecule has 36 heavy (non-hydrogen) atoms. The van der Waals surface area contributed by atoms with Crippen LogP contribution in [0.25, 0.3) is 0 Å². The molecular formula is C25H38FN9O. The highest BCUT2D eigenvalue weighted by molar-refractivity contribution is 5.48. The van der Waals surface area contributed by atoms with Gasteiger partial charge in [-0.25, -0.2) is 24.4 Å². The van der Waals surface area contributed by atoms with E-state index in [-0.39, 0.29) is 6.23 Å². The quantitative estimate of drug-likeness (QED) is 0.515. The van der Waals surface area contributed by atoms with E-state index in [2.05, 4.69) is 53.9 Å². The maximum absolute atomic E-state index is 16.0. The standard InChI is InChI=1S/C25H38FN9O/c26-24-23(25-29-7-1-8-30-25)36-22(33-12-10-31(9-6-27)11-13-33)19-35(24)34-16-14-32(15-17-34)21-4-2-20(18-28)3-5-21/h1-5,7-8,22-24H,6,9-19,27-28H2. The number of hydrogen-bond donors (Lipinski definition) is 2. The van der Waals surface area contributed by atoms with Gasteiger partial charge in [-0.1, -0.05) is 12.1 Å². The molecule has 3 saturated heterocycles. The first-order valence-corrected chi connectivity index (χ1v) is 12.9. The lowest BCUT2D eigenvalue weighted by Crippen LogP contribution is -2.65. The number of nitrogens with zero attached hydrogens (tertiary/aromatic N) is 7. The molecule has 3 fully saturated rings. The average molecular weight is 500 g/mol.